The van der Waals surface area contributed by atoms with E-state index in [0.29, 0.717) is 18.7 Å². The maximum atomic E-state index is 13.4. The molecule has 0 bridgehead atoms. The van der Waals surface area contributed by atoms with Gasteiger partial charge in [-0.05, 0) is 36.4 Å². The van der Waals surface area contributed by atoms with Gasteiger partial charge in [0, 0.05) is 12.0 Å². The highest BCUT2D eigenvalue weighted by Gasteiger charge is 2.23. The Morgan fingerprint density at radius 1 is 1.05 bits per heavy atom. The quantitative estimate of drug-likeness (QED) is 0.928. The van der Waals surface area contributed by atoms with E-state index < -0.39 is 11.6 Å². The third-order valence-corrected chi connectivity index (χ3v) is 3.21. The number of benzene rings is 2. The first-order chi connectivity index (χ1) is 9.61. The second kappa shape index (κ2) is 5.07. The van der Waals surface area contributed by atoms with Gasteiger partial charge < -0.3 is 10.1 Å². The number of nitrogens with one attached hydrogen (secondary N) is 1. The van der Waals surface area contributed by atoms with E-state index in [1.165, 1.54) is 12.1 Å². The lowest BCUT2D eigenvalue weighted by Gasteiger charge is -2.13. The second-order valence-corrected chi connectivity index (χ2v) is 4.70. The highest BCUT2D eigenvalue weighted by Crippen LogP contribution is 2.29. The summed E-state index contributed by atoms with van der Waals surface area (Å²) in [5.74, 6) is -0.699. The Morgan fingerprint density at radius 3 is 2.65 bits per heavy atom. The van der Waals surface area contributed by atoms with Crippen LogP contribution in [0.25, 0.3) is 0 Å². The highest BCUT2D eigenvalue weighted by atomic mass is 19.1. The molecule has 20 heavy (non-hydrogen) atoms. The van der Waals surface area contributed by atoms with E-state index in [4.69, 9.17) is 4.74 Å². The second-order valence-electron chi connectivity index (χ2n) is 4.70. The molecule has 0 aromatic heterocycles. The lowest BCUT2D eigenvalue weighted by molar-refractivity contribution is 0.246. The molecule has 2 nitrogen and oxygen atoms in total. The summed E-state index contributed by atoms with van der Waals surface area (Å²) in [4.78, 5) is 0. The molecule has 1 N–H and O–H groups in total. The molecule has 104 valence electrons. The van der Waals surface area contributed by atoms with Gasteiger partial charge in [0.15, 0.2) is 0 Å². The van der Waals surface area contributed by atoms with Gasteiger partial charge in [-0.15, -0.1) is 0 Å². The van der Waals surface area contributed by atoms with Gasteiger partial charge in [0.05, 0.1) is 12.2 Å². The fourth-order valence-electron chi connectivity index (χ4n) is 2.26. The molecule has 2 aromatic rings. The molecule has 0 saturated heterocycles. The summed E-state index contributed by atoms with van der Waals surface area (Å²) in [6, 6.07) is 7.56. The molecule has 5 heteroatoms. The zero-order chi connectivity index (χ0) is 14.1. The summed E-state index contributed by atoms with van der Waals surface area (Å²) in [5.41, 5.74) is 0.882. The van der Waals surface area contributed by atoms with Crippen molar-refractivity contribution in [3.8, 4) is 5.75 Å². The predicted molar refractivity (Wildman–Crippen MR) is 69.4 cm³/mol. The van der Waals surface area contributed by atoms with Crippen molar-refractivity contribution in [3.63, 3.8) is 0 Å². The fourth-order valence-corrected chi connectivity index (χ4v) is 2.26. The van der Waals surface area contributed by atoms with Gasteiger partial charge in [-0.1, -0.05) is 0 Å². The summed E-state index contributed by atoms with van der Waals surface area (Å²) in [7, 11) is 0. The summed E-state index contributed by atoms with van der Waals surface area (Å²) in [6.45, 7) is 0.316. The number of fused-ring (bicyclic) bond motifs is 1. The Balaban J connectivity index is 1.65. The van der Waals surface area contributed by atoms with Crippen molar-refractivity contribution in [1.82, 2.24) is 0 Å². The molecule has 0 fully saturated rings. The Labute approximate surface area is 114 Å². The van der Waals surface area contributed by atoms with Gasteiger partial charge in [-0.2, -0.15) is 0 Å². The van der Waals surface area contributed by atoms with Crippen LogP contribution in [0.15, 0.2) is 36.4 Å². The van der Waals surface area contributed by atoms with Crippen LogP contribution < -0.4 is 10.1 Å². The Kier molecular flexibility index (Phi) is 3.26. The first kappa shape index (κ1) is 12.8. The van der Waals surface area contributed by atoms with E-state index >= 15 is 0 Å². The van der Waals surface area contributed by atoms with Crippen LogP contribution in [-0.4, -0.2) is 12.6 Å². The van der Waals surface area contributed by atoms with Crippen molar-refractivity contribution in [2.24, 2.45) is 0 Å². The van der Waals surface area contributed by atoms with E-state index in [0.717, 1.165) is 23.8 Å². The Morgan fingerprint density at radius 2 is 1.80 bits per heavy atom. The van der Waals surface area contributed by atoms with Gasteiger partial charge in [-0.3, -0.25) is 0 Å². The minimum absolute atomic E-state index is 0.0933. The normalized spacial score (nSPS) is 16.6. The van der Waals surface area contributed by atoms with Crippen molar-refractivity contribution in [2.45, 2.75) is 12.5 Å². The van der Waals surface area contributed by atoms with E-state index in [9.17, 15) is 13.2 Å². The maximum absolute atomic E-state index is 13.4. The van der Waals surface area contributed by atoms with Crippen molar-refractivity contribution >= 4 is 5.69 Å². The monoisotopic (exact) mass is 279 g/mol. The topological polar surface area (TPSA) is 21.3 Å². The molecular weight excluding hydrogens is 267 g/mol. The van der Waals surface area contributed by atoms with E-state index in [1.54, 1.807) is 6.07 Å². The van der Waals surface area contributed by atoms with E-state index in [-0.39, 0.29) is 17.6 Å². The van der Waals surface area contributed by atoms with Crippen molar-refractivity contribution < 1.29 is 17.9 Å². The highest BCUT2D eigenvalue weighted by molar-refractivity contribution is 5.45. The average molecular weight is 279 g/mol. The SMILES string of the molecule is Fc1ccc2c(c1)CC(CNc1cc(F)ccc1F)O2. The number of ether oxygens (including phenoxy) is 1. The molecule has 1 aliphatic heterocycles. The third kappa shape index (κ3) is 2.57. The van der Waals surface area contributed by atoms with Crippen LogP contribution in [0, 0.1) is 17.5 Å². The molecule has 0 spiro atoms. The summed E-state index contributed by atoms with van der Waals surface area (Å²) in [5, 5.41) is 2.81. The zero-order valence-corrected chi connectivity index (χ0v) is 10.5. The van der Waals surface area contributed by atoms with Crippen molar-refractivity contribution in [2.75, 3.05) is 11.9 Å². The van der Waals surface area contributed by atoms with Gasteiger partial charge in [0.1, 0.15) is 29.3 Å². The van der Waals surface area contributed by atoms with Crippen LogP contribution in [0.5, 0.6) is 5.75 Å². The van der Waals surface area contributed by atoms with Gasteiger partial charge in [0.25, 0.3) is 0 Å². The molecular formula is C15H12F3NO. The molecule has 1 unspecified atom stereocenters. The minimum atomic E-state index is -0.520. The number of halogens is 3. The first-order valence-corrected chi connectivity index (χ1v) is 6.26. The molecule has 1 aliphatic rings. The van der Waals surface area contributed by atoms with Crippen LogP contribution in [0.4, 0.5) is 18.9 Å². The molecule has 0 aliphatic carbocycles. The maximum Gasteiger partial charge on any atom is 0.146 e. The lowest BCUT2D eigenvalue weighted by atomic mass is 10.1. The number of rotatable bonds is 3. The van der Waals surface area contributed by atoms with Gasteiger partial charge in [0.2, 0.25) is 0 Å². The first-order valence-electron chi connectivity index (χ1n) is 6.26. The van der Waals surface area contributed by atoms with E-state index in [1.807, 2.05) is 0 Å². The van der Waals surface area contributed by atoms with Crippen LogP contribution in [-0.2, 0) is 6.42 Å². The largest absolute Gasteiger partial charge is 0.488 e. The number of hydrogen-bond acceptors (Lipinski definition) is 2. The minimum Gasteiger partial charge on any atom is -0.488 e. The fraction of sp³-hybridized carbons (Fsp3) is 0.200. The van der Waals surface area contributed by atoms with Gasteiger partial charge in [-0.25, -0.2) is 13.2 Å². The van der Waals surface area contributed by atoms with Crippen LogP contribution in [0.1, 0.15) is 5.56 Å². The Hall–Kier alpha value is -2.17. The molecule has 1 atom stereocenters. The predicted octanol–water partition coefficient (Wildman–Crippen LogP) is 3.52. The van der Waals surface area contributed by atoms with Crippen molar-refractivity contribution in [3.05, 3.63) is 59.4 Å². The Bertz CT molecular complexity index is 645. The van der Waals surface area contributed by atoms with Crippen LogP contribution in [0.2, 0.25) is 0 Å². The molecule has 3 rings (SSSR count). The molecule has 0 amide bonds. The summed E-state index contributed by atoms with van der Waals surface area (Å²) in [6.07, 6.45) is 0.311. The lowest BCUT2D eigenvalue weighted by Crippen LogP contribution is -2.24. The van der Waals surface area contributed by atoms with E-state index in [2.05, 4.69) is 5.32 Å². The number of hydrogen-bond donors (Lipinski definition) is 1. The standard InChI is InChI=1S/C15H12F3NO/c16-10-2-4-15-9(5-10)6-12(20-15)8-19-14-7-11(17)1-3-13(14)18/h1-5,7,12,19H,6,8H2. The summed E-state index contributed by atoms with van der Waals surface area (Å²) >= 11 is 0. The van der Waals surface area contributed by atoms with Crippen molar-refractivity contribution in [1.29, 1.82) is 0 Å². The smallest absolute Gasteiger partial charge is 0.146 e. The third-order valence-electron chi connectivity index (χ3n) is 3.21. The van der Waals surface area contributed by atoms with Crippen LogP contribution >= 0.6 is 0 Å². The summed E-state index contributed by atoms with van der Waals surface area (Å²) < 4.78 is 45.2. The molecule has 0 saturated carbocycles. The molecule has 0 radical (unpaired) electrons. The van der Waals surface area contributed by atoms with Gasteiger partial charge >= 0.3 is 0 Å². The van der Waals surface area contributed by atoms with Crippen LogP contribution in [0.3, 0.4) is 0 Å². The molecule has 2 aromatic carbocycles. The number of anilines is 1. The zero-order valence-electron chi connectivity index (χ0n) is 10.5. The average Bonchev–Trinajstić information content (AvgIpc) is 2.81. The molecule has 1 heterocycles.